The molecule has 2 aliphatic rings. The highest BCUT2D eigenvalue weighted by Gasteiger charge is 2.33. The lowest BCUT2D eigenvalue weighted by atomic mass is 9.93. The number of aliphatic hydroxyl groups excluding tert-OH is 1. The highest BCUT2D eigenvalue weighted by Crippen LogP contribution is 2.35. The summed E-state index contributed by atoms with van der Waals surface area (Å²) in [6.07, 6.45) is 3.03. The quantitative estimate of drug-likeness (QED) is 0.468. The zero-order chi connectivity index (χ0) is 25.2. The number of benzene rings is 1. The lowest BCUT2D eigenvalue weighted by molar-refractivity contribution is -0.120. The lowest BCUT2D eigenvalue weighted by Gasteiger charge is -2.35. The Bertz CT molecular complexity index is 1030. The first-order valence-electron chi connectivity index (χ1n) is 11.8. The van der Waals surface area contributed by atoms with Gasteiger partial charge < -0.3 is 21.1 Å². The van der Waals surface area contributed by atoms with Crippen LogP contribution in [0.2, 0.25) is 0 Å². The second-order valence-electron chi connectivity index (χ2n) is 9.50. The van der Waals surface area contributed by atoms with E-state index in [9.17, 15) is 18.7 Å². The molecule has 1 aliphatic heterocycles. The minimum absolute atomic E-state index is 0.0494. The molecule has 2 heterocycles. The number of β-amino-alcohol motifs (C(OH)–C–C–N with tert-alkyl or cyclic N) is 1. The molecule has 4 rings (SSSR count). The number of halogens is 3. The molecule has 11 heteroatoms. The second-order valence-corrected chi connectivity index (χ2v) is 9.50. The van der Waals surface area contributed by atoms with Gasteiger partial charge in [0.05, 0.1) is 12.6 Å². The largest absolute Gasteiger partial charge is 0.391 e. The van der Waals surface area contributed by atoms with Crippen molar-refractivity contribution < 1.29 is 23.1 Å². The molecule has 0 radical (unpaired) electrons. The molecule has 4 N–H and O–H groups in total. The number of rotatable bonds is 10. The fourth-order valence-electron chi connectivity index (χ4n) is 4.42. The fraction of sp³-hybridized carbons (Fsp3) is 0.542. The third-order valence-corrected chi connectivity index (χ3v) is 6.56. The van der Waals surface area contributed by atoms with Gasteiger partial charge in [-0.2, -0.15) is 4.39 Å². The predicted molar refractivity (Wildman–Crippen MR) is 125 cm³/mol. The van der Waals surface area contributed by atoms with Gasteiger partial charge in [0.15, 0.2) is 11.6 Å². The average Bonchev–Trinajstić information content (AvgIpc) is 3.63. The van der Waals surface area contributed by atoms with Crippen molar-refractivity contribution in [2.45, 2.75) is 50.8 Å². The molecule has 1 amide bonds. The molecule has 35 heavy (non-hydrogen) atoms. The van der Waals surface area contributed by atoms with Crippen molar-refractivity contribution in [1.29, 1.82) is 0 Å². The zero-order valence-electron chi connectivity index (χ0n) is 19.6. The van der Waals surface area contributed by atoms with E-state index in [1.807, 2.05) is 4.90 Å². The van der Waals surface area contributed by atoms with Crippen LogP contribution in [0.1, 0.15) is 37.3 Å². The van der Waals surface area contributed by atoms with E-state index < -0.39 is 23.8 Å². The highest BCUT2D eigenvalue weighted by atomic mass is 19.3. The summed E-state index contributed by atoms with van der Waals surface area (Å²) in [6, 6.07) is 6.17. The summed E-state index contributed by atoms with van der Waals surface area (Å²) in [5.74, 6) is -3.87. The maximum absolute atomic E-state index is 15.4. The molecule has 1 unspecified atom stereocenters. The van der Waals surface area contributed by atoms with E-state index in [0.29, 0.717) is 32.6 Å². The summed E-state index contributed by atoms with van der Waals surface area (Å²) in [4.78, 5) is 23.0. The number of carbonyl (C=O) groups is 1. The molecule has 190 valence electrons. The Labute approximate surface area is 202 Å². The van der Waals surface area contributed by atoms with E-state index in [1.165, 1.54) is 18.5 Å². The lowest BCUT2D eigenvalue weighted by Crippen LogP contribution is -2.48. The first-order chi connectivity index (χ1) is 16.6. The summed E-state index contributed by atoms with van der Waals surface area (Å²) in [5, 5.41) is 13.4. The van der Waals surface area contributed by atoms with Gasteiger partial charge in [0.2, 0.25) is 11.7 Å². The number of alkyl halides is 2. The molecule has 1 aliphatic carbocycles. The molecule has 1 aromatic carbocycles. The SMILES string of the molecule is CC(F)(F)c1ccc(CN(c2ncnc(NCC3CCN(CC(N)=O)C[C@@H]3O)c2F)C2CC2)cc1. The minimum Gasteiger partial charge on any atom is -0.391 e. The Morgan fingerprint density at radius 2 is 1.97 bits per heavy atom. The van der Waals surface area contributed by atoms with E-state index in [-0.39, 0.29) is 35.7 Å². The van der Waals surface area contributed by atoms with E-state index >= 15 is 4.39 Å². The smallest absolute Gasteiger partial charge is 0.270 e. The topological polar surface area (TPSA) is 108 Å². The van der Waals surface area contributed by atoms with Crippen LogP contribution < -0.4 is 16.0 Å². The van der Waals surface area contributed by atoms with Crippen molar-refractivity contribution >= 4 is 17.5 Å². The highest BCUT2D eigenvalue weighted by molar-refractivity contribution is 5.75. The van der Waals surface area contributed by atoms with Gasteiger partial charge in [-0.1, -0.05) is 24.3 Å². The normalized spacial score (nSPS) is 21.1. The summed E-state index contributed by atoms with van der Waals surface area (Å²) in [5.41, 5.74) is 5.94. The Morgan fingerprint density at radius 3 is 2.57 bits per heavy atom. The van der Waals surface area contributed by atoms with Crippen LogP contribution in [0.15, 0.2) is 30.6 Å². The summed E-state index contributed by atoms with van der Waals surface area (Å²) in [6.45, 7) is 2.54. The van der Waals surface area contributed by atoms with Gasteiger partial charge in [-0.15, -0.1) is 0 Å². The number of aromatic nitrogens is 2. The van der Waals surface area contributed by atoms with Gasteiger partial charge in [0, 0.05) is 44.1 Å². The Kier molecular flexibility index (Phi) is 7.46. The number of hydrogen-bond acceptors (Lipinski definition) is 7. The van der Waals surface area contributed by atoms with E-state index in [0.717, 1.165) is 25.3 Å². The number of nitrogens with two attached hydrogens (primary N) is 1. The zero-order valence-corrected chi connectivity index (χ0v) is 19.6. The molecule has 0 spiro atoms. The van der Waals surface area contributed by atoms with Crippen molar-refractivity contribution in [3.8, 4) is 0 Å². The molecule has 2 aromatic rings. The van der Waals surface area contributed by atoms with Gasteiger partial charge in [-0.05, 0) is 31.4 Å². The van der Waals surface area contributed by atoms with Crippen LogP contribution in [0.4, 0.5) is 24.8 Å². The van der Waals surface area contributed by atoms with Crippen molar-refractivity contribution in [2.75, 3.05) is 36.4 Å². The van der Waals surface area contributed by atoms with Crippen LogP contribution in [0.25, 0.3) is 0 Å². The molecule has 8 nitrogen and oxygen atoms in total. The van der Waals surface area contributed by atoms with E-state index in [4.69, 9.17) is 5.73 Å². The van der Waals surface area contributed by atoms with Gasteiger partial charge >= 0.3 is 0 Å². The molecular formula is C24H31F3N6O2. The number of primary amides is 1. The molecule has 2 fully saturated rings. The number of piperidine rings is 1. The number of aliphatic hydroxyl groups is 1. The second kappa shape index (κ2) is 10.4. The van der Waals surface area contributed by atoms with Gasteiger partial charge in [-0.3, -0.25) is 9.69 Å². The molecule has 1 aromatic heterocycles. The fourth-order valence-corrected chi connectivity index (χ4v) is 4.42. The van der Waals surface area contributed by atoms with E-state index in [2.05, 4.69) is 15.3 Å². The number of nitrogens with one attached hydrogen (secondary N) is 1. The maximum Gasteiger partial charge on any atom is 0.270 e. The number of amides is 1. The van der Waals surface area contributed by atoms with Crippen molar-refractivity contribution in [2.24, 2.45) is 11.7 Å². The molecule has 1 saturated heterocycles. The Balaban J connectivity index is 1.42. The third kappa shape index (κ3) is 6.40. The number of carbonyl (C=O) groups excluding carboxylic acids is 1. The van der Waals surface area contributed by atoms with Crippen molar-refractivity contribution in [3.63, 3.8) is 0 Å². The third-order valence-electron chi connectivity index (χ3n) is 6.56. The number of nitrogens with zero attached hydrogens (tertiary/aromatic N) is 4. The summed E-state index contributed by atoms with van der Waals surface area (Å²) >= 11 is 0. The number of hydrogen-bond donors (Lipinski definition) is 3. The predicted octanol–water partition coefficient (Wildman–Crippen LogP) is 2.48. The van der Waals surface area contributed by atoms with Crippen LogP contribution in [0.3, 0.4) is 0 Å². The molecule has 0 bridgehead atoms. The molecular weight excluding hydrogens is 461 g/mol. The number of anilines is 2. The Morgan fingerprint density at radius 1 is 1.26 bits per heavy atom. The van der Waals surface area contributed by atoms with Gasteiger partial charge in [0.25, 0.3) is 5.92 Å². The van der Waals surface area contributed by atoms with Crippen LogP contribution in [0, 0.1) is 11.7 Å². The molecule has 1 saturated carbocycles. The first-order valence-corrected chi connectivity index (χ1v) is 11.8. The maximum atomic E-state index is 15.4. The monoisotopic (exact) mass is 492 g/mol. The molecule has 2 atom stereocenters. The first kappa shape index (κ1) is 25.2. The number of likely N-dealkylation sites (tertiary alicyclic amines) is 1. The van der Waals surface area contributed by atoms with Crippen LogP contribution in [-0.2, 0) is 17.3 Å². The minimum atomic E-state index is -2.92. The van der Waals surface area contributed by atoms with Crippen LogP contribution in [0.5, 0.6) is 0 Å². The van der Waals surface area contributed by atoms with E-state index in [1.54, 1.807) is 17.0 Å². The average molecular weight is 493 g/mol. The van der Waals surface area contributed by atoms with Gasteiger partial charge in [-0.25, -0.2) is 18.7 Å². The van der Waals surface area contributed by atoms with Crippen molar-refractivity contribution in [1.82, 2.24) is 14.9 Å². The van der Waals surface area contributed by atoms with Crippen LogP contribution >= 0.6 is 0 Å². The van der Waals surface area contributed by atoms with Crippen LogP contribution in [-0.4, -0.2) is 64.2 Å². The van der Waals surface area contributed by atoms with Crippen molar-refractivity contribution in [3.05, 3.63) is 47.5 Å². The van der Waals surface area contributed by atoms with Gasteiger partial charge in [0.1, 0.15) is 6.33 Å². The standard InChI is InChI=1S/C24H31F3N6O2/c1-24(26,27)17-4-2-15(3-5-17)11-33(18-6-7-18)23-21(25)22(30-14-31-23)29-10-16-8-9-32(12-19(16)34)13-20(28)35/h2-5,14,16,18-19,34H,6-13H2,1H3,(H2,28,35)(H,29,30,31)/t16?,19-/m0/s1. The summed E-state index contributed by atoms with van der Waals surface area (Å²) < 4.78 is 42.5. The Hall–Kier alpha value is -2.92. The summed E-state index contributed by atoms with van der Waals surface area (Å²) in [7, 11) is 0.